The maximum absolute atomic E-state index is 13.8. The molecule has 1 aromatic carbocycles. The minimum Gasteiger partial charge on any atom is -0.469 e. The number of carbonyl (C=O) groups is 2. The summed E-state index contributed by atoms with van der Waals surface area (Å²) < 4.78 is 9.84. The number of nitro benzene ring substituents is 1. The number of nitrogens with one attached hydrogen (secondary N) is 2. The zero-order valence-corrected chi connectivity index (χ0v) is 42.9. The van der Waals surface area contributed by atoms with Crippen molar-refractivity contribution in [2.45, 2.75) is 194 Å². The molecule has 0 aliphatic heterocycles. The lowest BCUT2D eigenvalue weighted by atomic mass is 9.43. The normalized spacial score (nSPS) is 46.0. The van der Waals surface area contributed by atoms with Crippen LogP contribution in [0, 0.1) is 103 Å². The van der Waals surface area contributed by atoms with Gasteiger partial charge in [0.2, 0.25) is 11.4 Å². The zero-order chi connectivity index (χ0) is 49.8. The van der Waals surface area contributed by atoms with Crippen molar-refractivity contribution in [3.05, 3.63) is 22.2 Å². The van der Waals surface area contributed by atoms with Crippen molar-refractivity contribution in [2.75, 3.05) is 12.4 Å². The fourth-order valence-corrected chi connectivity index (χ4v) is 19.4. The lowest BCUT2D eigenvalue weighted by molar-refractivity contribution is -0.383. The number of methoxy groups -OCH3 is 1. The molecule has 8 aliphatic carbocycles. The summed E-state index contributed by atoms with van der Waals surface area (Å²) in [5.41, 5.74) is 0.314. The quantitative estimate of drug-likeness (QED) is 0.0666. The highest BCUT2D eigenvalue weighted by molar-refractivity contribution is 5.93. The lowest BCUT2D eigenvalue weighted by Crippen LogP contribution is -2.63. The van der Waals surface area contributed by atoms with Crippen LogP contribution >= 0.6 is 0 Å². The molecule has 10 unspecified atom stereocenters. The van der Waals surface area contributed by atoms with Crippen LogP contribution in [0.15, 0.2) is 16.8 Å². The molecule has 8 saturated carbocycles. The Labute approximate surface area is 413 Å². The summed E-state index contributed by atoms with van der Waals surface area (Å²) >= 11 is 0. The van der Waals surface area contributed by atoms with Gasteiger partial charge < -0.3 is 35.8 Å². The molecule has 10 rings (SSSR count). The van der Waals surface area contributed by atoms with Gasteiger partial charge in [-0.3, -0.25) is 19.7 Å². The van der Waals surface area contributed by atoms with Gasteiger partial charge in [-0.1, -0.05) is 41.5 Å². The van der Waals surface area contributed by atoms with Crippen LogP contribution in [0.3, 0.4) is 0 Å². The van der Waals surface area contributed by atoms with Crippen LogP contribution in [-0.2, 0) is 14.3 Å². The van der Waals surface area contributed by atoms with E-state index in [1.807, 2.05) is 0 Å². The molecule has 15 heteroatoms. The minimum atomic E-state index is -0.494. The van der Waals surface area contributed by atoms with Crippen LogP contribution < -0.4 is 10.6 Å². The molecule has 70 heavy (non-hydrogen) atoms. The van der Waals surface area contributed by atoms with Crippen molar-refractivity contribution < 1.29 is 44.3 Å². The number of benzene rings is 1. The summed E-state index contributed by atoms with van der Waals surface area (Å²) in [4.78, 5) is 37.0. The number of hydrogen-bond donors (Lipinski definition) is 6. The van der Waals surface area contributed by atoms with E-state index in [0.717, 1.165) is 83.5 Å². The number of aromatic nitrogens is 2. The Morgan fingerprint density at radius 3 is 1.79 bits per heavy atom. The van der Waals surface area contributed by atoms with Crippen molar-refractivity contribution in [1.82, 2.24) is 15.6 Å². The molecule has 0 saturated heterocycles. The summed E-state index contributed by atoms with van der Waals surface area (Å²) in [5.74, 6) is 2.64. The molecule has 388 valence electrons. The third kappa shape index (κ3) is 7.92. The number of carbonyl (C=O) groups excluding carboxylic acids is 2. The number of hydrogen-bond acceptors (Lipinski definition) is 13. The predicted molar refractivity (Wildman–Crippen MR) is 263 cm³/mol. The van der Waals surface area contributed by atoms with Gasteiger partial charge in [0.05, 0.1) is 42.1 Å². The summed E-state index contributed by atoms with van der Waals surface area (Å²) in [6, 6.07) is 3.27. The molecule has 0 spiro atoms. The average Bonchev–Trinajstić information content (AvgIpc) is 4.06. The number of rotatable bonds is 12. The van der Waals surface area contributed by atoms with E-state index < -0.39 is 29.3 Å². The highest BCUT2D eigenvalue weighted by Crippen LogP contribution is 2.70. The number of nitro groups is 1. The SMILES string of the molecule is COC(=O)CC[C@@H](C)C1CC[C@H]2[C@@H]3C(CC(O)C12C)C1(C)CC[C@@H](NC(=O)CC[C@@H](C)C2CC[C@H]4[C@@H]5C(CC(O)C24C)C2(C)CC[C@@H](Nc4ccc([N+](=O)[O-])c6nonc46)C[C@H]2C[C@@H]5O)C[C@H]1C[C@@H]3O. The fourth-order valence-electron chi connectivity index (χ4n) is 19.4. The number of esters is 1. The van der Waals surface area contributed by atoms with Gasteiger partial charge >= 0.3 is 11.7 Å². The van der Waals surface area contributed by atoms with Crippen LogP contribution in [0.2, 0.25) is 0 Å². The van der Waals surface area contributed by atoms with E-state index >= 15 is 0 Å². The molecule has 8 aliphatic rings. The van der Waals surface area contributed by atoms with Gasteiger partial charge in [-0.25, -0.2) is 4.63 Å². The maximum atomic E-state index is 13.8. The number of aliphatic hydroxyl groups is 4. The van der Waals surface area contributed by atoms with Gasteiger partial charge in [0.1, 0.15) is 0 Å². The number of non-ortho nitro benzene ring substituents is 1. The predicted octanol–water partition coefficient (Wildman–Crippen LogP) is 8.60. The summed E-state index contributed by atoms with van der Waals surface area (Å²) in [5, 5.41) is 75.0. The number of anilines is 1. The highest BCUT2D eigenvalue weighted by atomic mass is 16.6. The molecule has 15 nitrogen and oxygen atoms in total. The van der Waals surface area contributed by atoms with E-state index in [1.165, 1.54) is 13.2 Å². The van der Waals surface area contributed by atoms with Crippen molar-refractivity contribution in [1.29, 1.82) is 0 Å². The second kappa shape index (κ2) is 18.5. The average molecular weight is 974 g/mol. The Balaban J connectivity index is 0.732. The molecule has 1 aromatic heterocycles. The molecule has 1 amide bonds. The summed E-state index contributed by atoms with van der Waals surface area (Å²) in [6.45, 7) is 13.8. The molecule has 2 aromatic rings. The lowest BCUT2D eigenvalue weighted by Gasteiger charge is -2.64. The topological polar surface area (TPSA) is 230 Å². The van der Waals surface area contributed by atoms with Crippen molar-refractivity contribution in [3.63, 3.8) is 0 Å². The third-order valence-corrected chi connectivity index (χ3v) is 23.3. The summed E-state index contributed by atoms with van der Waals surface area (Å²) in [7, 11) is 1.44. The first kappa shape index (κ1) is 50.1. The third-order valence-electron chi connectivity index (χ3n) is 23.3. The van der Waals surface area contributed by atoms with E-state index in [0.29, 0.717) is 49.2 Å². The van der Waals surface area contributed by atoms with Gasteiger partial charge in [-0.05, 0) is 212 Å². The molecule has 6 N–H and O–H groups in total. The number of ether oxygens (including phenoxy) is 1. The molecule has 8 fully saturated rings. The van der Waals surface area contributed by atoms with E-state index in [2.05, 4.69) is 62.5 Å². The Hall–Kier alpha value is -3.40. The first-order valence-electron chi connectivity index (χ1n) is 27.5. The second-order valence-electron chi connectivity index (χ2n) is 25.8. The Bertz CT molecular complexity index is 2290. The molecular weight excluding hydrogens is 891 g/mol. The van der Waals surface area contributed by atoms with Crippen molar-refractivity contribution >= 4 is 34.3 Å². The molecular formula is C55H83N5O10. The van der Waals surface area contributed by atoms with Crippen LogP contribution in [-0.4, -0.2) is 91.1 Å². The van der Waals surface area contributed by atoms with Gasteiger partial charge in [-0.2, -0.15) is 0 Å². The van der Waals surface area contributed by atoms with Crippen LogP contribution in [0.1, 0.15) is 157 Å². The number of amides is 1. The zero-order valence-electron chi connectivity index (χ0n) is 42.9. The Morgan fingerprint density at radius 2 is 1.24 bits per heavy atom. The standard InChI is InChI=1S/C55H83N5O10/c1-28(8-16-46(65)57-33-19-21-53(4)31(23-33)25-43(62)49-37-13-11-35(29(2)9-17-47(66)69-7)55(37,6)45(64)27-39(49)53)34-10-12-36-48-38(26-44(63)54(34,36)5)52(3)20-18-32(22-30(52)24-42(48)61)56-40-14-15-41(60(67)68)51-50(40)58-70-59-51/h14-15,28-39,42-45,48-49,56,61-64H,8-13,16-27H2,1-7H3,(H,57,65)/t28-,29-,30+,31+,32-,33-,34?,35?,36+,37+,38?,39?,42+,43+,44?,45?,48-,49-,52?,53?,54?,55?/m1/s1. The van der Waals surface area contributed by atoms with Gasteiger partial charge in [0.25, 0.3) is 0 Å². The van der Waals surface area contributed by atoms with Crippen molar-refractivity contribution in [3.8, 4) is 0 Å². The molecule has 0 radical (unpaired) electrons. The van der Waals surface area contributed by atoms with Crippen LogP contribution in [0.25, 0.3) is 11.0 Å². The van der Waals surface area contributed by atoms with E-state index in [-0.39, 0.29) is 122 Å². The Kier molecular flexibility index (Phi) is 13.3. The second-order valence-corrected chi connectivity index (χ2v) is 25.8. The van der Waals surface area contributed by atoms with Crippen LogP contribution in [0.5, 0.6) is 0 Å². The molecule has 0 bridgehead atoms. The molecule has 1 heterocycles. The highest BCUT2D eigenvalue weighted by Gasteiger charge is 2.67. The summed E-state index contributed by atoms with van der Waals surface area (Å²) in [6.07, 6.45) is 12.7. The maximum Gasteiger partial charge on any atom is 0.305 e. The number of nitrogens with zero attached hydrogens (tertiary/aromatic N) is 3. The largest absolute Gasteiger partial charge is 0.469 e. The first-order valence-corrected chi connectivity index (χ1v) is 27.5. The van der Waals surface area contributed by atoms with Gasteiger partial charge in [0.15, 0.2) is 5.52 Å². The van der Waals surface area contributed by atoms with Crippen LogP contribution in [0.4, 0.5) is 11.4 Å². The first-order chi connectivity index (χ1) is 33.2. The molecule has 22 atom stereocenters. The number of aliphatic hydroxyl groups excluding tert-OH is 4. The van der Waals surface area contributed by atoms with E-state index in [4.69, 9.17) is 9.37 Å². The van der Waals surface area contributed by atoms with Crippen molar-refractivity contribution in [2.24, 2.45) is 92.7 Å². The fraction of sp³-hybridized carbons (Fsp3) is 0.855. The monoisotopic (exact) mass is 974 g/mol. The minimum absolute atomic E-state index is 0.00692. The van der Waals surface area contributed by atoms with E-state index in [1.54, 1.807) is 6.07 Å². The van der Waals surface area contributed by atoms with Gasteiger partial charge in [0, 0.05) is 31.0 Å². The van der Waals surface area contributed by atoms with Gasteiger partial charge in [-0.15, -0.1) is 0 Å². The Morgan fingerprint density at radius 1 is 0.729 bits per heavy atom. The smallest absolute Gasteiger partial charge is 0.305 e. The van der Waals surface area contributed by atoms with E-state index in [9.17, 15) is 40.1 Å². The number of fused-ring (bicyclic) bond motifs is 11.